The van der Waals surface area contributed by atoms with Crippen LogP contribution in [0.5, 0.6) is 0 Å². The van der Waals surface area contributed by atoms with Crippen molar-refractivity contribution in [2.45, 2.75) is 184 Å². The number of ether oxygens (including phenoxy) is 2. The van der Waals surface area contributed by atoms with Gasteiger partial charge in [0.15, 0.2) is 0 Å². The molecule has 0 aromatic carbocycles. The maximum atomic E-state index is 12.7. The number of rotatable bonds is 28. The summed E-state index contributed by atoms with van der Waals surface area (Å²) in [6, 6.07) is 0.361. The van der Waals surface area contributed by atoms with E-state index in [9.17, 15) is 24.3 Å². The minimum atomic E-state index is -1.38. The number of hydrogen-bond donors (Lipinski definition) is 4. The van der Waals surface area contributed by atoms with Gasteiger partial charge in [-0.05, 0) is 38.2 Å². The number of carbonyl (C=O) groups is 4. The summed E-state index contributed by atoms with van der Waals surface area (Å²) in [4.78, 5) is 49.1. The summed E-state index contributed by atoms with van der Waals surface area (Å²) in [6.07, 6.45) is 25.9. The molecule has 3 amide bonds. The molecular formula is C39H67N3O7S. The smallest absolute Gasteiger partial charge is 0.316 e. The van der Waals surface area contributed by atoms with Crippen molar-refractivity contribution in [1.29, 1.82) is 0 Å². The normalized spacial score (nSPS) is 25.3. The van der Waals surface area contributed by atoms with Crippen LogP contribution in [-0.4, -0.2) is 77.4 Å². The van der Waals surface area contributed by atoms with E-state index in [1.807, 2.05) is 11.8 Å². The number of esters is 2. The molecule has 286 valence electrons. The molecule has 0 saturated carbocycles. The van der Waals surface area contributed by atoms with Crippen molar-refractivity contribution in [3.8, 4) is 0 Å². The number of aliphatic hydroxyl groups is 1. The van der Waals surface area contributed by atoms with E-state index < -0.39 is 29.6 Å². The number of carbonyl (C=O) groups excluding carboxylic acids is 4. The van der Waals surface area contributed by atoms with Gasteiger partial charge in [0.2, 0.25) is 5.91 Å². The number of nitrogens with one attached hydrogen (secondary N) is 3. The SMILES string of the molecule is CCCCCCCCCCCCCCCC[C@]1(O)C=C[C@H](OC(=O)CCCCCNC(=O)CCCC[C@@H]2SC[C@@H]3NC(=O)N[C@@H]32)[C@H]1C(=O)OC. The van der Waals surface area contributed by atoms with Gasteiger partial charge in [0.25, 0.3) is 0 Å². The fraction of sp³-hybridized carbons (Fsp3) is 0.846. The first kappa shape index (κ1) is 42.1. The van der Waals surface area contributed by atoms with Gasteiger partial charge in [0.1, 0.15) is 17.6 Å². The summed E-state index contributed by atoms with van der Waals surface area (Å²) in [5.74, 6) is -0.940. The summed E-state index contributed by atoms with van der Waals surface area (Å²) in [7, 11) is 1.30. The quantitative estimate of drug-likeness (QED) is 0.0286. The Morgan fingerprint density at radius 1 is 0.860 bits per heavy atom. The maximum Gasteiger partial charge on any atom is 0.316 e. The van der Waals surface area contributed by atoms with E-state index in [1.54, 1.807) is 12.2 Å². The topological polar surface area (TPSA) is 143 Å². The first-order valence-electron chi connectivity index (χ1n) is 19.9. The van der Waals surface area contributed by atoms with Crippen molar-refractivity contribution >= 4 is 35.6 Å². The molecule has 6 atom stereocenters. The Balaban J connectivity index is 1.19. The highest BCUT2D eigenvalue weighted by atomic mass is 32.2. The highest BCUT2D eigenvalue weighted by molar-refractivity contribution is 8.00. The van der Waals surface area contributed by atoms with Crippen molar-refractivity contribution in [2.75, 3.05) is 19.4 Å². The Labute approximate surface area is 305 Å². The van der Waals surface area contributed by atoms with Crippen molar-refractivity contribution in [3.05, 3.63) is 12.2 Å². The molecule has 11 heteroatoms. The van der Waals surface area contributed by atoms with Crippen LogP contribution in [-0.2, 0) is 23.9 Å². The predicted molar refractivity (Wildman–Crippen MR) is 200 cm³/mol. The molecule has 2 aliphatic heterocycles. The predicted octanol–water partition coefficient (Wildman–Crippen LogP) is 7.26. The second kappa shape index (κ2) is 24.1. The van der Waals surface area contributed by atoms with Gasteiger partial charge in [0, 0.05) is 30.4 Å². The molecule has 2 saturated heterocycles. The molecule has 2 fully saturated rings. The lowest BCUT2D eigenvalue weighted by atomic mass is 9.84. The fourth-order valence-electron chi connectivity index (χ4n) is 7.55. The molecule has 10 nitrogen and oxygen atoms in total. The lowest BCUT2D eigenvalue weighted by Gasteiger charge is -2.30. The van der Waals surface area contributed by atoms with E-state index in [0.717, 1.165) is 57.1 Å². The first-order valence-corrected chi connectivity index (χ1v) is 21.0. The third-order valence-corrected chi connectivity index (χ3v) is 12.1. The number of methoxy groups -OCH3 is 1. The molecule has 3 aliphatic rings. The summed E-state index contributed by atoms with van der Waals surface area (Å²) in [6.45, 7) is 2.82. The third-order valence-electron chi connectivity index (χ3n) is 10.6. The van der Waals surface area contributed by atoms with Gasteiger partial charge in [-0.2, -0.15) is 11.8 Å². The van der Waals surface area contributed by atoms with Crippen LogP contribution in [0.25, 0.3) is 0 Å². The van der Waals surface area contributed by atoms with E-state index in [-0.39, 0.29) is 30.4 Å². The lowest BCUT2D eigenvalue weighted by Crippen LogP contribution is -2.44. The van der Waals surface area contributed by atoms with Gasteiger partial charge >= 0.3 is 18.0 Å². The van der Waals surface area contributed by atoms with Crippen LogP contribution in [0.3, 0.4) is 0 Å². The lowest BCUT2D eigenvalue weighted by molar-refractivity contribution is -0.165. The Morgan fingerprint density at radius 2 is 1.48 bits per heavy atom. The summed E-state index contributed by atoms with van der Waals surface area (Å²) >= 11 is 1.89. The van der Waals surface area contributed by atoms with E-state index in [2.05, 4.69) is 22.9 Å². The largest absolute Gasteiger partial charge is 0.469 e. The molecule has 0 radical (unpaired) electrons. The maximum absolute atomic E-state index is 12.7. The fourth-order valence-corrected chi connectivity index (χ4v) is 9.09. The Hall–Kier alpha value is -2.27. The third kappa shape index (κ3) is 15.1. The van der Waals surface area contributed by atoms with E-state index in [4.69, 9.17) is 9.47 Å². The van der Waals surface area contributed by atoms with Crippen LogP contribution >= 0.6 is 11.8 Å². The zero-order chi connectivity index (χ0) is 36.0. The zero-order valence-corrected chi connectivity index (χ0v) is 31.8. The standard InChI is InChI=1S/C39H67N3O7S/c1-3-4-5-6-7-8-9-10-11-12-13-14-15-20-26-39(47)27-25-31(35(39)37(45)48-2)49-34(44)24-17-16-21-28-40-33(43)23-19-18-22-32-36-30(29-50-32)41-38(46)42-36/h25,27,30-32,35-36,47H,3-24,26,28-29H2,1-2H3,(H,40,43)(H2,41,42,46)/t30-,31-,32-,35-,36-,39-/m0/s1. The second-order valence-electron chi connectivity index (χ2n) is 14.7. The molecule has 0 spiro atoms. The molecule has 0 aromatic rings. The molecule has 3 rings (SSSR count). The van der Waals surface area contributed by atoms with Crippen LogP contribution in [0.4, 0.5) is 4.79 Å². The average molecular weight is 722 g/mol. The van der Waals surface area contributed by atoms with Crippen LogP contribution in [0.2, 0.25) is 0 Å². The van der Waals surface area contributed by atoms with E-state index in [1.165, 1.54) is 77.7 Å². The monoisotopic (exact) mass is 721 g/mol. The molecule has 4 N–H and O–H groups in total. The van der Waals surface area contributed by atoms with E-state index in [0.29, 0.717) is 31.1 Å². The molecule has 50 heavy (non-hydrogen) atoms. The second-order valence-corrected chi connectivity index (χ2v) is 16.0. The van der Waals surface area contributed by atoms with Crippen LogP contribution in [0.1, 0.15) is 155 Å². The molecule has 2 heterocycles. The molecular weight excluding hydrogens is 655 g/mol. The molecule has 0 aromatic heterocycles. The van der Waals surface area contributed by atoms with Gasteiger partial charge in [-0.25, -0.2) is 4.79 Å². The summed E-state index contributed by atoms with van der Waals surface area (Å²) in [5.41, 5.74) is -1.38. The highest BCUT2D eigenvalue weighted by Gasteiger charge is 2.50. The first-order chi connectivity index (χ1) is 24.3. The van der Waals surface area contributed by atoms with Crippen LogP contribution in [0.15, 0.2) is 12.2 Å². The highest BCUT2D eigenvalue weighted by Crippen LogP contribution is 2.37. The Morgan fingerprint density at radius 3 is 2.14 bits per heavy atom. The van der Waals surface area contributed by atoms with Gasteiger partial charge < -0.3 is 30.5 Å². The Bertz CT molecular complexity index is 1060. The van der Waals surface area contributed by atoms with Gasteiger partial charge in [-0.3, -0.25) is 14.4 Å². The summed E-state index contributed by atoms with van der Waals surface area (Å²) < 4.78 is 10.7. The Kier molecular flexibility index (Phi) is 20.3. The molecule has 0 unspecified atom stereocenters. The van der Waals surface area contributed by atoms with Crippen LogP contribution in [0, 0.1) is 5.92 Å². The minimum Gasteiger partial charge on any atom is -0.469 e. The number of urea groups is 1. The van der Waals surface area contributed by atoms with Crippen molar-refractivity contribution in [2.24, 2.45) is 5.92 Å². The number of fused-ring (bicyclic) bond motifs is 1. The number of amides is 3. The number of hydrogen-bond acceptors (Lipinski definition) is 8. The zero-order valence-electron chi connectivity index (χ0n) is 31.0. The van der Waals surface area contributed by atoms with Gasteiger partial charge in [-0.15, -0.1) is 0 Å². The number of unbranched alkanes of at least 4 members (excludes halogenated alkanes) is 16. The number of thioether (sulfide) groups is 1. The van der Waals surface area contributed by atoms with Crippen LogP contribution < -0.4 is 16.0 Å². The minimum absolute atomic E-state index is 0.0423. The van der Waals surface area contributed by atoms with Crippen molar-refractivity contribution < 1.29 is 33.8 Å². The van der Waals surface area contributed by atoms with Gasteiger partial charge in [-0.1, -0.05) is 116 Å². The molecule has 0 bridgehead atoms. The summed E-state index contributed by atoms with van der Waals surface area (Å²) in [5, 5.41) is 20.7. The van der Waals surface area contributed by atoms with Crippen molar-refractivity contribution in [3.63, 3.8) is 0 Å². The van der Waals surface area contributed by atoms with Crippen molar-refractivity contribution in [1.82, 2.24) is 16.0 Å². The average Bonchev–Trinajstić information content (AvgIpc) is 3.76. The van der Waals surface area contributed by atoms with E-state index >= 15 is 0 Å². The molecule has 1 aliphatic carbocycles. The van der Waals surface area contributed by atoms with Gasteiger partial charge in [0.05, 0.1) is 19.2 Å².